The number of thiol groups is 1. The number of benzene rings is 1. The Morgan fingerprint density at radius 1 is 1.10 bits per heavy atom. The van der Waals surface area contributed by atoms with Gasteiger partial charge in [0.25, 0.3) is 0 Å². The van der Waals surface area contributed by atoms with Crippen molar-refractivity contribution in [2.24, 2.45) is 5.41 Å². The number of likely N-dealkylation sites (tertiary alicyclic amines) is 1. The van der Waals surface area contributed by atoms with Gasteiger partial charge in [-0.2, -0.15) is 12.6 Å². The van der Waals surface area contributed by atoms with Crippen molar-refractivity contribution in [3.8, 4) is 0 Å². The van der Waals surface area contributed by atoms with Crippen LogP contribution in [0, 0.1) is 5.41 Å². The molecule has 1 nitrogen and oxygen atoms in total. The fourth-order valence-electron chi connectivity index (χ4n) is 4.12. The van der Waals surface area contributed by atoms with Crippen LogP contribution in [0.3, 0.4) is 0 Å². The molecule has 1 aliphatic carbocycles. The van der Waals surface area contributed by atoms with Crippen molar-refractivity contribution < 1.29 is 0 Å². The van der Waals surface area contributed by atoms with Gasteiger partial charge in [-0.05, 0) is 48.5 Å². The van der Waals surface area contributed by atoms with Crippen molar-refractivity contribution in [2.75, 3.05) is 25.4 Å². The van der Waals surface area contributed by atoms with Crippen molar-refractivity contribution in [2.45, 2.75) is 44.4 Å². The molecule has 1 unspecified atom stereocenters. The molecule has 0 amide bonds. The second kappa shape index (κ2) is 6.53. The Morgan fingerprint density at radius 2 is 1.85 bits per heavy atom. The van der Waals surface area contributed by atoms with Crippen molar-refractivity contribution in [3.63, 3.8) is 0 Å². The minimum Gasteiger partial charge on any atom is -0.302 e. The molecule has 110 valence electrons. The molecule has 1 atom stereocenters. The Bertz CT molecular complexity index is 411. The minimum atomic E-state index is 0.507. The lowest BCUT2D eigenvalue weighted by atomic mass is 9.75. The van der Waals surface area contributed by atoms with Gasteiger partial charge in [0.05, 0.1) is 0 Å². The van der Waals surface area contributed by atoms with Crippen LogP contribution in [0.15, 0.2) is 30.3 Å². The van der Waals surface area contributed by atoms with Gasteiger partial charge in [-0.15, -0.1) is 0 Å². The third-order valence-electron chi connectivity index (χ3n) is 5.35. The Morgan fingerprint density at radius 3 is 2.55 bits per heavy atom. The summed E-state index contributed by atoms with van der Waals surface area (Å²) in [7, 11) is 0. The molecule has 0 aromatic heterocycles. The highest BCUT2D eigenvalue weighted by molar-refractivity contribution is 7.80. The average Bonchev–Trinajstić information content (AvgIpc) is 2.97. The normalized spacial score (nSPS) is 26.8. The van der Waals surface area contributed by atoms with Gasteiger partial charge in [0.1, 0.15) is 0 Å². The van der Waals surface area contributed by atoms with Gasteiger partial charge in [-0.3, -0.25) is 0 Å². The molecule has 0 bridgehead atoms. The van der Waals surface area contributed by atoms with Crippen molar-refractivity contribution in [3.05, 3.63) is 35.9 Å². The molecule has 0 radical (unpaired) electrons. The first kappa shape index (κ1) is 14.5. The highest BCUT2D eigenvalue weighted by Gasteiger charge is 2.35. The second-order valence-electron chi connectivity index (χ2n) is 6.85. The smallest absolute Gasteiger partial charge is 0.00510 e. The minimum absolute atomic E-state index is 0.507. The maximum Gasteiger partial charge on any atom is 0.00510 e. The predicted molar refractivity (Wildman–Crippen MR) is 89.6 cm³/mol. The van der Waals surface area contributed by atoms with Gasteiger partial charge in [0, 0.05) is 13.1 Å². The van der Waals surface area contributed by atoms with Crippen molar-refractivity contribution in [1.29, 1.82) is 0 Å². The Labute approximate surface area is 129 Å². The first-order valence-electron chi connectivity index (χ1n) is 8.19. The summed E-state index contributed by atoms with van der Waals surface area (Å²) < 4.78 is 0. The zero-order valence-corrected chi connectivity index (χ0v) is 13.3. The summed E-state index contributed by atoms with van der Waals surface area (Å²) in [5, 5.41) is 0. The highest BCUT2D eigenvalue weighted by atomic mass is 32.1. The van der Waals surface area contributed by atoms with Gasteiger partial charge < -0.3 is 4.90 Å². The topological polar surface area (TPSA) is 3.24 Å². The lowest BCUT2D eigenvalue weighted by Gasteiger charge is -2.39. The van der Waals surface area contributed by atoms with Crippen LogP contribution >= 0.6 is 12.6 Å². The second-order valence-corrected chi connectivity index (χ2v) is 7.17. The quantitative estimate of drug-likeness (QED) is 0.806. The molecule has 1 aromatic carbocycles. The maximum absolute atomic E-state index is 4.69. The van der Waals surface area contributed by atoms with Crippen LogP contribution < -0.4 is 0 Å². The molecule has 1 aromatic rings. The third-order valence-corrected chi connectivity index (χ3v) is 6.02. The summed E-state index contributed by atoms with van der Waals surface area (Å²) in [6, 6.07) is 11.1. The van der Waals surface area contributed by atoms with Crippen LogP contribution in [0.1, 0.15) is 50.0 Å². The van der Waals surface area contributed by atoms with E-state index >= 15 is 0 Å². The fraction of sp³-hybridized carbons (Fsp3) is 0.667. The lowest BCUT2D eigenvalue weighted by Crippen LogP contribution is -2.39. The molecule has 3 rings (SSSR count). The van der Waals surface area contributed by atoms with Crippen molar-refractivity contribution in [1.82, 2.24) is 4.90 Å². The van der Waals surface area contributed by atoms with Gasteiger partial charge in [0.2, 0.25) is 0 Å². The fourth-order valence-corrected chi connectivity index (χ4v) is 4.53. The maximum atomic E-state index is 4.69. The molecule has 2 fully saturated rings. The molecular weight excluding hydrogens is 262 g/mol. The lowest BCUT2D eigenvalue weighted by molar-refractivity contribution is 0.143. The van der Waals surface area contributed by atoms with Crippen LogP contribution in [-0.2, 0) is 0 Å². The molecule has 20 heavy (non-hydrogen) atoms. The molecule has 1 aliphatic heterocycles. The molecule has 2 heteroatoms. The summed E-state index contributed by atoms with van der Waals surface area (Å²) in [5.74, 6) is 1.82. The van der Waals surface area contributed by atoms with Crippen LogP contribution in [0.5, 0.6) is 0 Å². The molecule has 0 N–H and O–H groups in total. The van der Waals surface area contributed by atoms with Gasteiger partial charge >= 0.3 is 0 Å². The van der Waals surface area contributed by atoms with E-state index < -0.39 is 0 Å². The molecule has 2 aliphatic rings. The van der Waals surface area contributed by atoms with Crippen LogP contribution in [0.25, 0.3) is 0 Å². The summed E-state index contributed by atoms with van der Waals surface area (Å²) in [5.41, 5.74) is 2.03. The summed E-state index contributed by atoms with van der Waals surface area (Å²) in [6.45, 7) is 3.80. The standard InChI is InChI=1S/C18H27NS/c20-15-18(10-5-2-6-11-18)14-19-12-9-17(13-19)16-7-3-1-4-8-16/h1,3-4,7-8,17,20H,2,5-6,9-15H2. The van der Waals surface area contributed by atoms with E-state index in [1.165, 1.54) is 63.7 Å². The van der Waals surface area contributed by atoms with E-state index in [-0.39, 0.29) is 0 Å². The predicted octanol–water partition coefficient (Wildman–Crippen LogP) is 4.36. The monoisotopic (exact) mass is 289 g/mol. The molecule has 1 saturated heterocycles. The van der Waals surface area contributed by atoms with E-state index in [1.807, 2.05) is 0 Å². The molecule has 1 heterocycles. The van der Waals surface area contributed by atoms with E-state index in [9.17, 15) is 0 Å². The van der Waals surface area contributed by atoms with Crippen LogP contribution in [0.4, 0.5) is 0 Å². The van der Waals surface area contributed by atoms with E-state index in [0.717, 1.165) is 11.7 Å². The molecule has 0 spiro atoms. The van der Waals surface area contributed by atoms with Gasteiger partial charge in [-0.1, -0.05) is 49.6 Å². The van der Waals surface area contributed by atoms with Crippen molar-refractivity contribution >= 4 is 12.6 Å². The molecular formula is C18H27NS. The summed E-state index contributed by atoms with van der Waals surface area (Å²) >= 11 is 4.69. The van der Waals surface area contributed by atoms with Crippen LogP contribution in [-0.4, -0.2) is 30.3 Å². The Balaban J connectivity index is 1.60. The van der Waals surface area contributed by atoms with Gasteiger partial charge in [-0.25, -0.2) is 0 Å². The zero-order chi connectivity index (χ0) is 13.8. The Kier molecular flexibility index (Phi) is 4.72. The highest BCUT2D eigenvalue weighted by Crippen LogP contribution is 2.39. The number of rotatable bonds is 4. The Hall–Kier alpha value is -0.470. The summed E-state index contributed by atoms with van der Waals surface area (Å²) in [4.78, 5) is 2.71. The van der Waals surface area contributed by atoms with E-state index in [0.29, 0.717) is 5.41 Å². The van der Waals surface area contributed by atoms with E-state index in [2.05, 4.69) is 47.9 Å². The largest absolute Gasteiger partial charge is 0.302 e. The number of hydrogen-bond donors (Lipinski definition) is 1. The molecule has 1 saturated carbocycles. The summed E-state index contributed by atoms with van der Waals surface area (Å²) in [6.07, 6.45) is 8.37. The SMILES string of the molecule is SCC1(CN2CCC(c3ccccc3)C2)CCCCC1. The van der Waals surface area contributed by atoms with Crippen LogP contribution in [0.2, 0.25) is 0 Å². The third kappa shape index (κ3) is 3.23. The zero-order valence-electron chi connectivity index (χ0n) is 12.4. The number of hydrogen-bond acceptors (Lipinski definition) is 2. The van der Waals surface area contributed by atoms with E-state index in [4.69, 9.17) is 0 Å². The van der Waals surface area contributed by atoms with E-state index in [1.54, 1.807) is 0 Å². The average molecular weight is 289 g/mol. The van der Waals surface area contributed by atoms with Gasteiger partial charge in [0.15, 0.2) is 0 Å². The number of nitrogens with zero attached hydrogens (tertiary/aromatic N) is 1. The first-order chi connectivity index (χ1) is 9.81. The first-order valence-corrected chi connectivity index (χ1v) is 8.83.